The molecule has 2 N–H and O–H groups in total. The zero-order valence-corrected chi connectivity index (χ0v) is 14.1. The molecule has 1 saturated carbocycles. The van der Waals surface area contributed by atoms with E-state index < -0.39 is 0 Å². The van der Waals surface area contributed by atoms with Gasteiger partial charge < -0.3 is 5.73 Å². The van der Waals surface area contributed by atoms with E-state index in [1.54, 1.807) is 0 Å². The fourth-order valence-corrected chi connectivity index (χ4v) is 4.34. The van der Waals surface area contributed by atoms with Crippen molar-refractivity contribution in [2.75, 3.05) is 5.73 Å². The van der Waals surface area contributed by atoms with Gasteiger partial charge >= 0.3 is 0 Å². The Kier molecular flexibility index (Phi) is 3.89. The van der Waals surface area contributed by atoms with Gasteiger partial charge in [-0.25, -0.2) is 0 Å². The molecule has 3 nitrogen and oxygen atoms in total. The fourth-order valence-electron chi connectivity index (χ4n) is 4.34. The highest BCUT2D eigenvalue weighted by atomic mass is 16.1. The van der Waals surface area contributed by atoms with Crippen LogP contribution in [0.25, 0.3) is 0 Å². The van der Waals surface area contributed by atoms with Gasteiger partial charge in [-0.3, -0.25) is 9.69 Å². The van der Waals surface area contributed by atoms with Crippen molar-refractivity contribution >= 4 is 11.5 Å². The summed E-state index contributed by atoms with van der Waals surface area (Å²) in [4.78, 5) is 15.0. The SMILES string of the molecule is Cc1ccc(CN2C3CCC(C(=O)C3)C2c2ccc(N)cc2)cc1. The first-order valence-electron chi connectivity index (χ1n) is 8.81. The average Bonchev–Trinajstić information content (AvgIpc) is 2.59. The van der Waals surface area contributed by atoms with E-state index >= 15 is 0 Å². The Labute approximate surface area is 143 Å². The number of benzene rings is 2. The average molecular weight is 320 g/mol. The highest BCUT2D eigenvalue weighted by molar-refractivity contribution is 5.84. The van der Waals surface area contributed by atoms with Gasteiger partial charge in [-0.15, -0.1) is 0 Å². The lowest BCUT2D eigenvalue weighted by Crippen LogP contribution is -2.53. The maximum Gasteiger partial charge on any atom is 0.139 e. The van der Waals surface area contributed by atoms with E-state index in [-0.39, 0.29) is 12.0 Å². The molecule has 24 heavy (non-hydrogen) atoms. The molecule has 0 aromatic heterocycles. The van der Waals surface area contributed by atoms with Crippen molar-refractivity contribution in [3.8, 4) is 0 Å². The molecule has 2 aromatic rings. The number of nitrogens with zero attached hydrogens (tertiary/aromatic N) is 1. The molecular formula is C21H24N2O. The first-order valence-corrected chi connectivity index (χ1v) is 8.81. The van der Waals surface area contributed by atoms with Gasteiger partial charge in [0, 0.05) is 36.7 Å². The van der Waals surface area contributed by atoms with Gasteiger partial charge in [0.1, 0.15) is 5.78 Å². The number of carbonyl (C=O) groups is 1. The number of ketones is 1. The second kappa shape index (κ2) is 6.06. The van der Waals surface area contributed by atoms with Crippen LogP contribution in [-0.4, -0.2) is 16.7 Å². The van der Waals surface area contributed by atoms with Crippen molar-refractivity contribution in [1.29, 1.82) is 0 Å². The first-order chi connectivity index (χ1) is 11.6. The molecular weight excluding hydrogens is 296 g/mol. The molecule has 3 fully saturated rings. The summed E-state index contributed by atoms with van der Waals surface area (Å²) in [6.45, 7) is 3.02. The van der Waals surface area contributed by atoms with Gasteiger partial charge in [0.2, 0.25) is 0 Å². The van der Waals surface area contributed by atoms with Crippen molar-refractivity contribution in [1.82, 2.24) is 4.90 Å². The molecule has 1 aliphatic carbocycles. The molecule has 0 spiro atoms. The molecule has 2 heterocycles. The maximum absolute atomic E-state index is 12.5. The number of anilines is 1. The number of piperidine rings is 2. The smallest absolute Gasteiger partial charge is 0.139 e. The minimum absolute atomic E-state index is 0.129. The van der Waals surface area contributed by atoms with E-state index in [0.717, 1.165) is 25.1 Å². The second-order valence-electron chi connectivity index (χ2n) is 7.28. The number of hydrogen-bond acceptors (Lipinski definition) is 3. The van der Waals surface area contributed by atoms with Crippen LogP contribution in [-0.2, 0) is 11.3 Å². The summed E-state index contributed by atoms with van der Waals surface area (Å²) in [5, 5.41) is 0. The van der Waals surface area contributed by atoms with E-state index in [1.807, 2.05) is 12.1 Å². The molecule has 0 radical (unpaired) electrons. The molecule has 3 heteroatoms. The van der Waals surface area contributed by atoms with Crippen molar-refractivity contribution in [3.63, 3.8) is 0 Å². The van der Waals surface area contributed by atoms with Crippen LogP contribution < -0.4 is 5.73 Å². The number of hydrogen-bond donors (Lipinski definition) is 1. The molecule has 3 unspecified atom stereocenters. The van der Waals surface area contributed by atoms with Gasteiger partial charge in [-0.1, -0.05) is 42.0 Å². The van der Waals surface area contributed by atoms with Gasteiger partial charge in [-0.2, -0.15) is 0 Å². The van der Waals surface area contributed by atoms with Crippen molar-refractivity contribution in [3.05, 3.63) is 65.2 Å². The lowest BCUT2D eigenvalue weighted by molar-refractivity contribution is -0.138. The molecule has 3 aliphatic rings. The summed E-state index contributed by atoms with van der Waals surface area (Å²) in [6, 6.07) is 17.4. The lowest BCUT2D eigenvalue weighted by Gasteiger charge is -2.50. The monoisotopic (exact) mass is 320 g/mol. The molecule has 2 aliphatic heterocycles. The number of nitrogen functional groups attached to an aromatic ring is 1. The van der Waals surface area contributed by atoms with Crippen LogP contribution in [0.5, 0.6) is 0 Å². The van der Waals surface area contributed by atoms with Gasteiger partial charge in [0.15, 0.2) is 0 Å². The Morgan fingerprint density at radius 1 is 1.04 bits per heavy atom. The molecule has 2 aromatic carbocycles. The first kappa shape index (κ1) is 15.4. The molecule has 5 rings (SSSR count). The number of fused-ring (bicyclic) bond motifs is 3. The maximum atomic E-state index is 12.5. The summed E-state index contributed by atoms with van der Waals surface area (Å²) < 4.78 is 0. The molecule has 3 atom stereocenters. The summed E-state index contributed by atoms with van der Waals surface area (Å²) in [7, 11) is 0. The third-order valence-electron chi connectivity index (χ3n) is 5.63. The highest BCUT2D eigenvalue weighted by Crippen LogP contribution is 2.46. The summed E-state index contributed by atoms with van der Waals surface area (Å²) >= 11 is 0. The molecule has 0 amide bonds. The van der Waals surface area contributed by atoms with E-state index in [0.29, 0.717) is 18.2 Å². The molecule has 2 bridgehead atoms. The number of rotatable bonds is 3. The topological polar surface area (TPSA) is 46.3 Å². The predicted molar refractivity (Wildman–Crippen MR) is 96.5 cm³/mol. The summed E-state index contributed by atoms with van der Waals surface area (Å²) in [5.41, 5.74) is 10.4. The van der Waals surface area contributed by atoms with Crippen LogP contribution in [0.4, 0.5) is 5.69 Å². The Morgan fingerprint density at radius 3 is 2.42 bits per heavy atom. The Balaban J connectivity index is 1.67. The van der Waals surface area contributed by atoms with Crippen LogP contribution in [0.2, 0.25) is 0 Å². The third-order valence-corrected chi connectivity index (χ3v) is 5.63. The van der Waals surface area contributed by atoms with Crippen LogP contribution in [0.3, 0.4) is 0 Å². The molecule has 124 valence electrons. The summed E-state index contributed by atoms with van der Waals surface area (Å²) in [6.07, 6.45) is 2.86. The largest absolute Gasteiger partial charge is 0.399 e. The minimum Gasteiger partial charge on any atom is -0.399 e. The van der Waals surface area contributed by atoms with Gasteiger partial charge in [0.25, 0.3) is 0 Å². The third kappa shape index (κ3) is 2.73. The normalized spacial score (nSPS) is 26.7. The zero-order chi connectivity index (χ0) is 16.7. The molecule has 2 saturated heterocycles. The zero-order valence-electron chi connectivity index (χ0n) is 14.1. The quantitative estimate of drug-likeness (QED) is 0.873. The van der Waals surface area contributed by atoms with E-state index in [4.69, 9.17) is 5.73 Å². The van der Waals surface area contributed by atoms with Crippen LogP contribution >= 0.6 is 0 Å². The number of Topliss-reactive ketones (excluding diaryl/α,β-unsaturated/α-hetero) is 1. The lowest BCUT2D eigenvalue weighted by atomic mass is 9.71. The highest BCUT2D eigenvalue weighted by Gasteiger charge is 2.46. The van der Waals surface area contributed by atoms with Crippen LogP contribution in [0.1, 0.15) is 42.0 Å². The van der Waals surface area contributed by atoms with E-state index in [1.165, 1.54) is 16.7 Å². The van der Waals surface area contributed by atoms with Gasteiger partial charge in [0.05, 0.1) is 0 Å². The number of carbonyl (C=O) groups excluding carboxylic acids is 1. The van der Waals surface area contributed by atoms with Crippen molar-refractivity contribution < 1.29 is 4.79 Å². The minimum atomic E-state index is 0.129. The van der Waals surface area contributed by atoms with Gasteiger partial charge in [-0.05, 0) is 43.0 Å². The fraction of sp³-hybridized carbons (Fsp3) is 0.381. The summed E-state index contributed by atoms with van der Waals surface area (Å²) in [5.74, 6) is 0.567. The standard InChI is InChI=1S/C21H24N2O/c1-14-2-4-15(5-3-14)13-23-18-10-11-19(20(24)12-18)21(23)16-6-8-17(22)9-7-16/h2-9,18-19,21H,10-13,22H2,1H3. The Bertz CT molecular complexity index is 735. The van der Waals surface area contributed by atoms with Crippen LogP contribution in [0, 0.1) is 12.8 Å². The Hall–Kier alpha value is -2.13. The Morgan fingerprint density at radius 2 is 1.75 bits per heavy atom. The number of aryl methyl sites for hydroxylation is 1. The number of nitrogens with two attached hydrogens (primary N) is 1. The van der Waals surface area contributed by atoms with E-state index in [2.05, 4.69) is 48.2 Å². The van der Waals surface area contributed by atoms with Crippen LogP contribution in [0.15, 0.2) is 48.5 Å². The predicted octanol–water partition coefficient (Wildman–Crippen LogP) is 3.87. The van der Waals surface area contributed by atoms with E-state index in [9.17, 15) is 4.79 Å². The van der Waals surface area contributed by atoms with Crippen molar-refractivity contribution in [2.24, 2.45) is 5.92 Å². The van der Waals surface area contributed by atoms with Crippen molar-refractivity contribution in [2.45, 2.75) is 44.8 Å². The second-order valence-corrected chi connectivity index (χ2v) is 7.28.